The Morgan fingerprint density at radius 2 is 1.47 bits per heavy atom. The van der Waals surface area contributed by atoms with Crippen molar-refractivity contribution in [3.63, 3.8) is 0 Å². The monoisotopic (exact) mass is 406 g/mol. The molecule has 3 aromatic rings. The number of non-ortho nitro benzene ring substituents is 1. The number of nitrogens with zero attached hydrogens (tertiary/aromatic N) is 1. The van der Waals surface area contributed by atoms with E-state index in [0.29, 0.717) is 22.7 Å². The van der Waals surface area contributed by atoms with Gasteiger partial charge in [-0.3, -0.25) is 14.9 Å². The lowest BCUT2D eigenvalue weighted by Crippen LogP contribution is -2.07. The number of nitro benzene ring substituents is 1. The topological polar surface area (TPSA) is 108 Å². The van der Waals surface area contributed by atoms with Gasteiger partial charge in [-0.1, -0.05) is 12.1 Å². The predicted octanol–water partition coefficient (Wildman–Crippen LogP) is 4.70. The van der Waals surface area contributed by atoms with Crippen molar-refractivity contribution >= 4 is 23.3 Å². The molecular weight excluding hydrogens is 388 g/mol. The standard InChI is InChI=1S/C22H18N2O6/c1-15(25)23-18-6-4-17(5-7-18)22(26)29-14-16-2-10-20(11-3-16)30-21-12-8-19(9-13-21)24(27)28/h2-13H,14H2,1H3,(H,23,25). The van der Waals surface area contributed by atoms with Gasteiger partial charge >= 0.3 is 5.97 Å². The minimum absolute atomic E-state index is 0.00994. The zero-order valence-corrected chi connectivity index (χ0v) is 16.0. The third-order valence-electron chi connectivity index (χ3n) is 4.02. The average Bonchev–Trinajstić information content (AvgIpc) is 2.73. The predicted molar refractivity (Wildman–Crippen MR) is 109 cm³/mol. The van der Waals surface area contributed by atoms with Gasteiger partial charge in [-0.25, -0.2) is 4.79 Å². The van der Waals surface area contributed by atoms with Gasteiger partial charge in [0.05, 0.1) is 10.5 Å². The van der Waals surface area contributed by atoms with Crippen molar-refractivity contribution in [3.8, 4) is 11.5 Å². The van der Waals surface area contributed by atoms with Crippen molar-refractivity contribution in [1.29, 1.82) is 0 Å². The maximum Gasteiger partial charge on any atom is 0.338 e. The van der Waals surface area contributed by atoms with Crippen LogP contribution in [-0.4, -0.2) is 16.8 Å². The number of rotatable bonds is 7. The molecule has 152 valence electrons. The van der Waals surface area contributed by atoms with E-state index >= 15 is 0 Å². The molecule has 0 unspecified atom stereocenters. The fourth-order valence-corrected chi connectivity index (χ4v) is 2.55. The molecule has 0 radical (unpaired) electrons. The molecule has 0 aromatic heterocycles. The van der Waals surface area contributed by atoms with Crippen molar-refractivity contribution < 1.29 is 24.0 Å². The van der Waals surface area contributed by atoms with Crippen LogP contribution in [0.4, 0.5) is 11.4 Å². The summed E-state index contributed by atoms with van der Waals surface area (Å²) in [4.78, 5) is 33.4. The quantitative estimate of drug-likeness (QED) is 0.346. The van der Waals surface area contributed by atoms with Gasteiger partial charge in [0.15, 0.2) is 0 Å². The molecule has 0 saturated heterocycles. The zero-order chi connectivity index (χ0) is 21.5. The molecule has 0 spiro atoms. The number of carbonyl (C=O) groups is 2. The number of hydrogen-bond donors (Lipinski definition) is 1. The highest BCUT2D eigenvalue weighted by Gasteiger charge is 2.09. The Morgan fingerprint density at radius 1 is 0.900 bits per heavy atom. The third kappa shape index (κ3) is 5.65. The van der Waals surface area contributed by atoms with Crippen molar-refractivity contribution in [2.45, 2.75) is 13.5 Å². The number of nitro groups is 1. The number of nitrogens with one attached hydrogen (secondary N) is 1. The van der Waals surface area contributed by atoms with E-state index in [1.165, 1.54) is 31.2 Å². The minimum atomic E-state index is -0.476. The van der Waals surface area contributed by atoms with Gasteiger partial charge in [0.1, 0.15) is 18.1 Å². The van der Waals surface area contributed by atoms with E-state index in [1.54, 1.807) is 48.5 Å². The lowest BCUT2D eigenvalue weighted by Gasteiger charge is -2.08. The summed E-state index contributed by atoms with van der Waals surface area (Å²) in [6.45, 7) is 1.49. The lowest BCUT2D eigenvalue weighted by atomic mass is 10.2. The van der Waals surface area contributed by atoms with Crippen LogP contribution in [0.3, 0.4) is 0 Å². The van der Waals surface area contributed by atoms with Gasteiger partial charge in [-0.2, -0.15) is 0 Å². The smallest absolute Gasteiger partial charge is 0.338 e. The molecule has 0 atom stereocenters. The maximum absolute atomic E-state index is 12.2. The molecule has 1 amide bonds. The van der Waals surface area contributed by atoms with Gasteiger partial charge in [-0.15, -0.1) is 0 Å². The van der Waals surface area contributed by atoms with Gasteiger partial charge in [0, 0.05) is 24.7 Å². The number of carbonyl (C=O) groups excluding carboxylic acids is 2. The molecule has 0 saturated carbocycles. The van der Waals surface area contributed by atoms with Crippen LogP contribution in [0.15, 0.2) is 72.8 Å². The molecule has 0 fully saturated rings. The highest BCUT2D eigenvalue weighted by Crippen LogP contribution is 2.24. The number of ether oxygens (including phenoxy) is 2. The van der Waals surface area contributed by atoms with Crippen molar-refractivity contribution in [1.82, 2.24) is 0 Å². The molecule has 3 aromatic carbocycles. The molecule has 0 aliphatic carbocycles. The lowest BCUT2D eigenvalue weighted by molar-refractivity contribution is -0.384. The zero-order valence-electron chi connectivity index (χ0n) is 16.0. The van der Waals surface area contributed by atoms with Crippen LogP contribution in [0.2, 0.25) is 0 Å². The Balaban J connectivity index is 1.53. The molecule has 30 heavy (non-hydrogen) atoms. The summed E-state index contributed by atoms with van der Waals surface area (Å²) < 4.78 is 10.9. The first-order valence-corrected chi connectivity index (χ1v) is 8.97. The van der Waals surface area contributed by atoms with E-state index in [2.05, 4.69) is 5.32 Å². The van der Waals surface area contributed by atoms with Crippen LogP contribution in [0.5, 0.6) is 11.5 Å². The number of amides is 1. The first kappa shape index (κ1) is 20.5. The van der Waals surface area contributed by atoms with Crippen LogP contribution in [-0.2, 0) is 16.1 Å². The Hall–Kier alpha value is -4.20. The molecule has 8 nitrogen and oxygen atoms in total. The fraction of sp³-hybridized carbons (Fsp3) is 0.0909. The van der Waals surface area contributed by atoms with E-state index in [9.17, 15) is 19.7 Å². The normalized spacial score (nSPS) is 10.2. The van der Waals surface area contributed by atoms with Gasteiger partial charge in [0.25, 0.3) is 5.69 Å². The summed E-state index contributed by atoms with van der Waals surface area (Å²) in [6, 6.07) is 19.1. The van der Waals surface area contributed by atoms with Crippen molar-refractivity contribution in [2.75, 3.05) is 5.32 Å². The van der Waals surface area contributed by atoms with Crippen LogP contribution in [0.25, 0.3) is 0 Å². The number of hydrogen-bond acceptors (Lipinski definition) is 6. The van der Waals surface area contributed by atoms with E-state index in [0.717, 1.165) is 5.56 Å². The Bertz CT molecular complexity index is 1040. The highest BCUT2D eigenvalue weighted by molar-refractivity contribution is 5.92. The summed E-state index contributed by atoms with van der Waals surface area (Å²) >= 11 is 0. The Morgan fingerprint density at radius 3 is 2.00 bits per heavy atom. The Kier molecular flexibility index (Phi) is 6.39. The fourth-order valence-electron chi connectivity index (χ4n) is 2.55. The number of anilines is 1. The second-order valence-electron chi connectivity index (χ2n) is 6.33. The van der Waals surface area contributed by atoms with Crippen LogP contribution < -0.4 is 10.1 Å². The molecule has 3 rings (SSSR count). The summed E-state index contributed by atoms with van der Waals surface area (Å²) in [7, 11) is 0. The first-order valence-electron chi connectivity index (χ1n) is 8.97. The van der Waals surface area contributed by atoms with Crippen LogP contribution >= 0.6 is 0 Å². The molecule has 0 aliphatic heterocycles. The summed E-state index contributed by atoms with van der Waals surface area (Å²) in [6.07, 6.45) is 0. The summed E-state index contributed by atoms with van der Waals surface area (Å²) in [5.74, 6) is 0.358. The Labute approximate surface area is 172 Å². The average molecular weight is 406 g/mol. The van der Waals surface area contributed by atoms with E-state index in [4.69, 9.17) is 9.47 Å². The number of benzene rings is 3. The molecule has 0 heterocycles. The van der Waals surface area contributed by atoms with Crippen molar-refractivity contribution in [2.24, 2.45) is 0 Å². The van der Waals surface area contributed by atoms with Gasteiger partial charge < -0.3 is 14.8 Å². The van der Waals surface area contributed by atoms with E-state index in [1.807, 2.05) is 0 Å². The molecule has 1 N–H and O–H groups in total. The second kappa shape index (κ2) is 9.33. The van der Waals surface area contributed by atoms with E-state index in [-0.39, 0.29) is 18.2 Å². The molecule has 0 aliphatic rings. The first-order chi connectivity index (χ1) is 14.4. The van der Waals surface area contributed by atoms with Crippen molar-refractivity contribution in [3.05, 3.63) is 94.0 Å². The van der Waals surface area contributed by atoms with Crippen LogP contribution in [0, 0.1) is 10.1 Å². The summed E-state index contributed by atoms with van der Waals surface area (Å²) in [5.41, 5.74) is 1.74. The molecule has 8 heteroatoms. The van der Waals surface area contributed by atoms with Crippen LogP contribution in [0.1, 0.15) is 22.8 Å². The SMILES string of the molecule is CC(=O)Nc1ccc(C(=O)OCc2ccc(Oc3ccc([N+](=O)[O-])cc3)cc2)cc1. The summed E-state index contributed by atoms with van der Waals surface area (Å²) in [5, 5.41) is 13.3. The molecular formula is C22H18N2O6. The van der Waals surface area contributed by atoms with Gasteiger partial charge in [0.2, 0.25) is 5.91 Å². The number of esters is 1. The third-order valence-corrected chi connectivity index (χ3v) is 4.02. The maximum atomic E-state index is 12.2. The largest absolute Gasteiger partial charge is 0.457 e. The second-order valence-corrected chi connectivity index (χ2v) is 6.33. The van der Waals surface area contributed by atoms with E-state index < -0.39 is 10.9 Å². The van der Waals surface area contributed by atoms with Gasteiger partial charge in [-0.05, 0) is 54.1 Å². The molecule has 0 bridgehead atoms. The highest BCUT2D eigenvalue weighted by atomic mass is 16.6. The minimum Gasteiger partial charge on any atom is -0.457 e.